The molecule has 0 saturated carbocycles. The standard InChI is InChI=1S/C19H24N4O4/c1-25-13-15-11-16(21-27-15)19(24)23-10-6-14(12-23)26-17-5-4-7-20-18(17)22-8-2-3-9-22/h4-5,7,11,14H,2-3,6,8-10,12-13H2,1H3. The van der Waals surface area contributed by atoms with Crippen LogP contribution in [-0.4, -0.2) is 60.3 Å². The molecule has 144 valence electrons. The van der Waals surface area contributed by atoms with E-state index < -0.39 is 0 Å². The number of hydrogen-bond donors (Lipinski definition) is 0. The molecule has 4 rings (SSSR count). The molecule has 2 saturated heterocycles. The average Bonchev–Trinajstić information content (AvgIpc) is 3.44. The number of hydrogen-bond acceptors (Lipinski definition) is 7. The van der Waals surface area contributed by atoms with Crippen LogP contribution in [0.2, 0.25) is 0 Å². The Morgan fingerprint density at radius 1 is 1.33 bits per heavy atom. The zero-order valence-corrected chi connectivity index (χ0v) is 15.5. The maximum Gasteiger partial charge on any atom is 0.276 e. The van der Waals surface area contributed by atoms with Crippen molar-refractivity contribution in [2.75, 3.05) is 38.2 Å². The summed E-state index contributed by atoms with van der Waals surface area (Å²) in [6, 6.07) is 5.48. The molecule has 2 aromatic heterocycles. The first kappa shape index (κ1) is 17.8. The van der Waals surface area contributed by atoms with Gasteiger partial charge in [0.25, 0.3) is 5.91 Å². The minimum absolute atomic E-state index is 0.0511. The van der Waals surface area contributed by atoms with Crippen molar-refractivity contribution >= 4 is 11.7 Å². The van der Waals surface area contributed by atoms with Gasteiger partial charge in [-0.25, -0.2) is 4.98 Å². The average molecular weight is 372 g/mol. The minimum atomic E-state index is -0.141. The predicted octanol–water partition coefficient (Wildman–Crippen LogP) is 2.11. The summed E-state index contributed by atoms with van der Waals surface area (Å²) in [5, 5.41) is 3.85. The van der Waals surface area contributed by atoms with Crippen LogP contribution < -0.4 is 9.64 Å². The van der Waals surface area contributed by atoms with E-state index in [4.69, 9.17) is 14.0 Å². The second-order valence-corrected chi connectivity index (χ2v) is 6.91. The quantitative estimate of drug-likeness (QED) is 0.768. The van der Waals surface area contributed by atoms with Crippen LogP contribution >= 0.6 is 0 Å². The Morgan fingerprint density at radius 3 is 3.00 bits per heavy atom. The summed E-state index contributed by atoms with van der Waals surface area (Å²) in [4.78, 5) is 21.2. The van der Waals surface area contributed by atoms with Gasteiger partial charge in [0.15, 0.2) is 23.0 Å². The van der Waals surface area contributed by atoms with Crippen LogP contribution in [0, 0.1) is 0 Å². The van der Waals surface area contributed by atoms with Crippen LogP contribution in [0.4, 0.5) is 5.82 Å². The van der Waals surface area contributed by atoms with Crippen molar-refractivity contribution in [1.82, 2.24) is 15.0 Å². The fraction of sp³-hybridized carbons (Fsp3) is 0.526. The highest BCUT2D eigenvalue weighted by molar-refractivity contribution is 5.92. The third-order valence-electron chi connectivity index (χ3n) is 4.95. The second-order valence-electron chi connectivity index (χ2n) is 6.91. The third-order valence-corrected chi connectivity index (χ3v) is 4.95. The number of nitrogens with zero attached hydrogens (tertiary/aromatic N) is 4. The molecule has 2 aromatic rings. The summed E-state index contributed by atoms with van der Waals surface area (Å²) in [6.45, 7) is 3.48. The molecule has 1 unspecified atom stereocenters. The maximum absolute atomic E-state index is 12.6. The van der Waals surface area contributed by atoms with E-state index >= 15 is 0 Å². The van der Waals surface area contributed by atoms with Crippen LogP contribution in [0.15, 0.2) is 28.9 Å². The topological polar surface area (TPSA) is 80.9 Å². The number of likely N-dealkylation sites (tertiary alicyclic amines) is 1. The van der Waals surface area contributed by atoms with Gasteiger partial charge in [0, 0.05) is 45.4 Å². The van der Waals surface area contributed by atoms with Gasteiger partial charge >= 0.3 is 0 Å². The molecule has 27 heavy (non-hydrogen) atoms. The van der Waals surface area contributed by atoms with E-state index in [9.17, 15) is 4.79 Å². The number of anilines is 1. The monoisotopic (exact) mass is 372 g/mol. The molecule has 0 N–H and O–H groups in total. The zero-order chi connectivity index (χ0) is 18.6. The van der Waals surface area contributed by atoms with Crippen molar-refractivity contribution in [2.24, 2.45) is 0 Å². The van der Waals surface area contributed by atoms with Crippen LogP contribution in [0.5, 0.6) is 5.75 Å². The zero-order valence-electron chi connectivity index (χ0n) is 15.5. The number of carbonyl (C=O) groups excluding carboxylic acids is 1. The van der Waals surface area contributed by atoms with Crippen molar-refractivity contribution in [3.63, 3.8) is 0 Å². The van der Waals surface area contributed by atoms with Gasteiger partial charge in [-0.05, 0) is 25.0 Å². The minimum Gasteiger partial charge on any atom is -0.485 e. The number of rotatable bonds is 6. The van der Waals surface area contributed by atoms with Gasteiger partial charge in [0.05, 0.1) is 6.54 Å². The van der Waals surface area contributed by atoms with Crippen molar-refractivity contribution in [3.05, 3.63) is 35.9 Å². The molecule has 0 radical (unpaired) electrons. The number of methoxy groups -OCH3 is 1. The Hall–Kier alpha value is -2.61. The van der Waals surface area contributed by atoms with E-state index in [1.165, 1.54) is 12.8 Å². The lowest BCUT2D eigenvalue weighted by molar-refractivity contribution is 0.0761. The maximum atomic E-state index is 12.6. The normalized spacial score (nSPS) is 19.7. The fourth-order valence-electron chi connectivity index (χ4n) is 3.62. The summed E-state index contributed by atoms with van der Waals surface area (Å²) in [6.07, 6.45) is 4.90. The molecule has 1 atom stereocenters. The number of pyridine rings is 1. The van der Waals surface area contributed by atoms with Gasteiger partial charge < -0.3 is 23.8 Å². The molecular formula is C19H24N4O4. The van der Waals surface area contributed by atoms with E-state index in [2.05, 4.69) is 15.0 Å². The van der Waals surface area contributed by atoms with Crippen LogP contribution in [0.3, 0.4) is 0 Å². The first-order valence-corrected chi connectivity index (χ1v) is 9.35. The van der Waals surface area contributed by atoms with Crippen molar-refractivity contribution < 1.29 is 18.8 Å². The van der Waals surface area contributed by atoms with E-state index in [1.807, 2.05) is 12.1 Å². The number of amides is 1. The summed E-state index contributed by atoms with van der Waals surface area (Å²) in [5.74, 6) is 2.10. The highest BCUT2D eigenvalue weighted by Crippen LogP contribution is 2.30. The number of aromatic nitrogens is 2. The first-order valence-electron chi connectivity index (χ1n) is 9.35. The molecule has 0 aromatic carbocycles. The summed E-state index contributed by atoms with van der Waals surface area (Å²) in [5.41, 5.74) is 0.307. The molecule has 0 bridgehead atoms. The van der Waals surface area contributed by atoms with E-state index in [1.54, 1.807) is 24.3 Å². The summed E-state index contributed by atoms with van der Waals surface area (Å²) in [7, 11) is 1.57. The highest BCUT2D eigenvalue weighted by atomic mass is 16.5. The van der Waals surface area contributed by atoms with Gasteiger partial charge in [-0.1, -0.05) is 5.16 Å². The largest absolute Gasteiger partial charge is 0.485 e. The molecule has 0 aliphatic carbocycles. The lowest BCUT2D eigenvalue weighted by Gasteiger charge is -2.22. The Kier molecular flexibility index (Phi) is 5.24. The Balaban J connectivity index is 1.39. The van der Waals surface area contributed by atoms with Crippen LogP contribution in [0.1, 0.15) is 35.5 Å². The molecule has 2 aliphatic heterocycles. The molecule has 2 fully saturated rings. The number of ether oxygens (including phenoxy) is 2. The van der Waals surface area contributed by atoms with Crippen LogP contribution in [0.25, 0.3) is 0 Å². The van der Waals surface area contributed by atoms with E-state index in [0.717, 1.165) is 31.1 Å². The van der Waals surface area contributed by atoms with Crippen molar-refractivity contribution in [1.29, 1.82) is 0 Å². The molecule has 2 aliphatic rings. The SMILES string of the molecule is COCc1cc(C(=O)N2CCC(Oc3cccnc3N3CCCC3)C2)no1. The molecule has 1 amide bonds. The summed E-state index contributed by atoms with van der Waals surface area (Å²) >= 11 is 0. The summed E-state index contributed by atoms with van der Waals surface area (Å²) < 4.78 is 16.3. The highest BCUT2D eigenvalue weighted by Gasteiger charge is 2.31. The fourth-order valence-corrected chi connectivity index (χ4v) is 3.62. The van der Waals surface area contributed by atoms with Crippen LogP contribution in [-0.2, 0) is 11.3 Å². The van der Waals surface area contributed by atoms with Crippen molar-refractivity contribution in [3.8, 4) is 5.75 Å². The van der Waals surface area contributed by atoms with Gasteiger partial charge in [-0.3, -0.25) is 4.79 Å². The van der Waals surface area contributed by atoms with Gasteiger partial charge in [-0.2, -0.15) is 0 Å². The molecule has 8 heteroatoms. The molecule has 8 nitrogen and oxygen atoms in total. The molecule has 0 spiro atoms. The van der Waals surface area contributed by atoms with Gasteiger partial charge in [0.2, 0.25) is 0 Å². The predicted molar refractivity (Wildman–Crippen MR) is 97.8 cm³/mol. The van der Waals surface area contributed by atoms with Gasteiger partial charge in [-0.15, -0.1) is 0 Å². The van der Waals surface area contributed by atoms with E-state index in [0.29, 0.717) is 31.2 Å². The lowest BCUT2D eigenvalue weighted by Crippen LogP contribution is -2.31. The number of carbonyl (C=O) groups is 1. The smallest absolute Gasteiger partial charge is 0.276 e. The Labute approximate surface area is 158 Å². The van der Waals surface area contributed by atoms with Gasteiger partial charge in [0.1, 0.15) is 12.7 Å². The third kappa shape index (κ3) is 3.90. The Morgan fingerprint density at radius 2 is 2.19 bits per heavy atom. The van der Waals surface area contributed by atoms with Crippen molar-refractivity contribution in [2.45, 2.75) is 32.0 Å². The first-order chi connectivity index (χ1) is 13.2. The molecular weight excluding hydrogens is 348 g/mol. The lowest BCUT2D eigenvalue weighted by atomic mass is 10.3. The van der Waals surface area contributed by atoms with E-state index in [-0.39, 0.29) is 12.0 Å². The Bertz CT molecular complexity index is 788. The second kappa shape index (κ2) is 7.96. The molecule has 4 heterocycles.